The minimum absolute atomic E-state index is 0.530. The van der Waals surface area contributed by atoms with Crippen LogP contribution in [0.25, 0.3) is 0 Å². The minimum atomic E-state index is 0.530. The van der Waals surface area contributed by atoms with Gasteiger partial charge in [0.1, 0.15) is 5.75 Å². The van der Waals surface area contributed by atoms with Crippen LogP contribution < -0.4 is 10.1 Å². The molecule has 2 aliphatic heterocycles. The SMILES string of the molecule is CC1COc2ccccc2C1N1CCNCC1. The number of hydrogen-bond donors (Lipinski definition) is 1. The van der Waals surface area contributed by atoms with Crippen LogP contribution in [0.2, 0.25) is 0 Å². The first kappa shape index (κ1) is 11.1. The van der Waals surface area contributed by atoms with Crippen LogP contribution in [0.1, 0.15) is 18.5 Å². The summed E-state index contributed by atoms with van der Waals surface area (Å²) in [6.07, 6.45) is 0. The normalized spacial score (nSPS) is 29.5. The number of nitrogens with one attached hydrogen (secondary N) is 1. The van der Waals surface area contributed by atoms with Crippen molar-refractivity contribution in [3.63, 3.8) is 0 Å². The summed E-state index contributed by atoms with van der Waals surface area (Å²) in [6, 6.07) is 9.02. The Morgan fingerprint density at radius 2 is 2.00 bits per heavy atom. The highest BCUT2D eigenvalue weighted by Crippen LogP contribution is 2.38. The average molecular weight is 232 g/mol. The molecular weight excluding hydrogens is 212 g/mol. The number of fused-ring (bicyclic) bond motifs is 1. The van der Waals surface area contributed by atoms with E-state index in [2.05, 4.69) is 41.4 Å². The van der Waals surface area contributed by atoms with E-state index in [1.807, 2.05) is 0 Å². The lowest BCUT2D eigenvalue weighted by molar-refractivity contribution is 0.0801. The molecule has 2 atom stereocenters. The maximum Gasteiger partial charge on any atom is 0.124 e. The highest BCUT2D eigenvalue weighted by molar-refractivity contribution is 5.38. The zero-order valence-corrected chi connectivity index (χ0v) is 10.4. The van der Waals surface area contributed by atoms with E-state index in [-0.39, 0.29) is 0 Å². The van der Waals surface area contributed by atoms with Crippen molar-refractivity contribution in [2.45, 2.75) is 13.0 Å². The third-order valence-electron chi connectivity index (χ3n) is 3.82. The largest absolute Gasteiger partial charge is 0.493 e. The molecule has 1 N–H and O–H groups in total. The van der Waals surface area contributed by atoms with Gasteiger partial charge in [0.15, 0.2) is 0 Å². The van der Waals surface area contributed by atoms with Crippen molar-refractivity contribution >= 4 is 0 Å². The molecule has 3 heteroatoms. The molecule has 92 valence electrons. The molecule has 0 amide bonds. The average Bonchev–Trinajstić information content (AvgIpc) is 2.39. The second-order valence-electron chi connectivity index (χ2n) is 5.06. The summed E-state index contributed by atoms with van der Waals surface area (Å²) in [4.78, 5) is 2.60. The summed E-state index contributed by atoms with van der Waals surface area (Å²) in [7, 11) is 0. The molecule has 2 unspecified atom stereocenters. The maximum atomic E-state index is 5.81. The van der Waals surface area contributed by atoms with E-state index in [4.69, 9.17) is 4.74 Å². The highest BCUT2D eigenvalue weighted by atomic mass is 16.5. The van der Waals surface area contributed by atoms with Crippen molar-refractivity contribution in [2.24, 2.45) is 5.92 Å². The van der Waals surface area contributed by atoms with Gasteiger partial charge in [-0.15, -0.1) is 0 Å². The molecule has 0 spiro atoms. The van der Waals surface area contributed by atoms with Crippen LogP contribution in [0.4, 0.5) is 0 Å². The summed E-state index contributed by atoms with van der Waals surface area (Å²) in [5, 5.41) is 3.42. The van der Waals surface area contributed by atoms with E-state index in [1.165, 1.54) is 5.56 Å². The Kier molecular flexibility index (Phi) is 3.04. The van der Waals surface area contributed by atoms with E-state index in [1.54, 1.807) is 0 Å². The Morgan fingerprint density at radius 1 is 1.24 bits per heavy atom. The Morgan fingerprint density at radius 3 is 2.82 bits per heavy atom. The Hall–Kier alpha value is -1.06. The molecule has 0 radical (unpaired) electrons. The number of nitrogens with zero attached hydrogens (tertiary/aromatic N) is 1. The molecule has 3 rings (SSSR count). The number of benzene rings is 1. The van der Waals surface area contributed by atoms with Gasteiger partial charge in [0.05, 0.1) is 6.61 Å². The predicted molar refractivity (Wildman–Crippen MR) is 68.3 cm³/mol. The first-order valence-electron chi connectivity index (χ1n) is 6.53. The molecule has 0 aliphatic carbocycles. The molecule has 1 aromatic carbocycles. The fourth-order valence-electron chi connectivity index (χ4n) is 2.99. The lowest BCUT2D eigenvalue weighted by atomic mass is 9.90. The minimum Gasteiger partial charge on any atom is -0.493 e. The predicted octanol–water partition coefficient (Wildman–Crippen LogP) is 1.66. The Labute approximate surface area is 103 Å². The fraction of sp³-hybridized carbons (Fsp3) is 0.571. The molecule has 0 bridgehead atoms. The summed E-state index contributed by atoms with van der Waals surface area (Å²) in [6.45, 7) is 7.62. The van der Waals surface area contributed by atoms with E-state index in [0.29, 0.717) is 12.0 Å². The van der Waals surface area contributed by atoms with Crippen LogP contribution in [0, 0.1) is 5.92 Å². The van der Waals surface area contributed by atoms with Gasteiger partial charge >= 0.3 is 0 Å². The van der Waals surface area contributed by atoms with Crippen LogP contribution in [0.15, 0.2) is 24.3 Å². The maximum absolute atomic E-state index is 5.81. The second-order valence-corrected chi connectivity index (χ2v) is 5.06. The zero-order valence-electron chi connectivity index (χ0n) is 10.4. The third kappa shape index (κ3) is 2.05. The van der Waals surface area contributed by atoms with Crippen molar-refractivity contribution in [3.8, 4) is 5.75 Å². The molecule has 0 aromatic heterocycles. The van der Waals surface area contributed by atoms with Crippen molar-refractivity contribution in [3.05, 3.63) is 29.8 Å². The van der Waals surface area contributed by atoms with Gasteiger partial charge < -0.3 is 10.1 Å². The first-order valence-corrected chi connectivity index (χ1v) is 6.53. The van der Waals surface area contributed by atoms with Gasteiger partial charge in [-0.2, -0.15) is 0 Å². The lowest BCUT2D eigenvalue weighted by Gasteiger charge is -2.41. The number of piperazine rings is 1. The molecule has 1 saturated heterocycles. The zero-order chi connectivity index (χ0) is 11.7. The molecular formula is C14H20N2O. The van der Waals surface area contributed by atoms with Gasteiger partial charge in [0.2, 0.25) is 0 Å². The van der Waals surface area contributed by atoms with Gasteiger partial charge in [-0.05, 0) is 6.07 Å². The topological polar surface area (TPSA) is 24.5 Å². The number of ether oxygens (including phenoxy) is 1. The standard InChI is InChI=1S/C14H20N2O/c1-11-10-17-13-5-3-2-4-12(13)14(11)16-8-6-15-7-9-16/h2-5,11,14-15H,6-10H2,1H3. The smallest absolute Gasteiger partial charge is 0.124 e. The van der Waals surface area contributed by atoms with Crippen molar-refractivity contribution < 1.29 is 4.74 Å². The Bertz CT molecular complexity index is 388. The van der Waals surface area contributed by atoms with Crippen LogP contribution >= 0.6 is 0 Å². The highest BCUT2D eigenvalue weighted by Gasteiger charge is 2.32. The summed E-state index contributed by atoms with van der Waals surface area (Å²) >= 11 is 0. The molecule has 2 heterocycles. The van der Waals surface area contributed by atoms with Crippen LogP contribution in [-0.2, 0) is 0 Å². The molecule has 17 heavy (non-hydrogen) atoms. The van der Waals surface area contributed by atoms with Crippen molar-refractivity contribution in [1.82, 2.24) is 10.2 Å². The third-order valence-corrected chi connectivity index (χ3v) is 3.82. The quantitative estimate of drug-likeness (QED) is 0.797. The summed E-state index contributed by atoms with van der Waals surface area (Å²) < 4.78 is 5.81. The van der Waals surface area contributed by atoms with Crippen molar-refractivity contribution in [1.29, 1.82) is 0 Å². The van der Waals surface area contributed by atoms with Crippen molar-refractivity contribution in [2.75, 3.05) is 32.8 Å². The van der Waals surface area contributed by atoms with E-state index >= 15 is 0 Å². The molecule has 3 nitrogen and oxygen atoms in total. The van der Waals surface area contributed by atoms with Gasteiger partial charge in [0, 0.05) is 43.7 Å². The first-order chi connectivity index (χ1) is 8.36. The van der Waals surface area contributed by atoms with Gasteiger partial charge in [-0.25, -0.2) is 0 Å². The molecule has 1 aromatic rings. The van der Waals surface area contributed by atoms with E-state index in [9.17, 15) is 0 Å². The lowest BCUT2D eigenvalue weighted by Crippen LogP contribution is -2.48. The van der Waals surface area contributed by atoms with Gasteiger partial charge in [0.25, 0.3) is 0 Å². The van der Waals surface area contributed by atoms with Crippen LogP contribution in [0.3, 0.4) is 0 Å². The van der Waals surface area contributed by atoms with Crippen LogP contribution in [0.5, 0.6) is 5.75 Å². The molecule has 0 saturated carbocycles. The summed E-state index contributed by atoms with van der Waals surface area (Å²) in [5.41, 5.74) is 1.37. The number of para-hydroxylation sites is 1. The van der Waals surface area contributed by atoms with Gasteiger partial charge in [-0.1, -0.05) is 25.1 Å². The van der Waals surface area contributed by atoms with E-state index in [0.717, 1.165) is 38.5 Å². The monoisotopic (exact) mass is 232 g/mol. The molecule has 2 aliphatic rings. The number of hydrogen-bond acceptors (Lipinski definition) is 3. The second kappa shape index (κ2) is 4.67. The van der Waals surface area contributed by atoms with Crippen LogP contribution in [-0.4, -0.2) is 37.7 Å². The fourth-order valence-corrected chi connectivity index (χ4v) is 2.99. The summed E-state index contributed by atoms with van der Waals surface area (Å²) in [5.74, 6) is 1.65. The van der Waals surface area contributed by atoms with E-state index < -0.39 is 0 Å². The number of rotatable bonds is 1. The van der Waals surface area contributed by atoms with Gasteiger partial charge in [-0.3, -0.25) is 4.90 Å². The Balaban J connectivity index is 1.91. The molecule has 1 fully saturated rings.